The van der Waals surface area contributed by atoms with Gasteiger partial charge in [0.1, 0.15) is 0 Å². The van der Waals surface area contributed by atoms with Gasteiger partial charge < -0.3 is 5.32 Å². The molecule has 112 valence electrons. The van der Waals surface area contributed by atoms with Crippen molar-refractivity contribution in [3.63, 3.8) is 0 Å². The standard InChI is InChI=1S/C16H24F2N2/c1-3-19-11-12-7-4-5-10-20(2)16(12)13-8-6-9-14(17)15(13)18/h6,8-9,12,16,19H,3-5,7,10-11H2,1-2H3. The largest absolute Gasteiger partial charge is 0.317 e. The van der Waals surface area contributed by atoms with Gasteiger partial charge in [0, 0.05) is 11.6 Å². The Morgan fingerprint density at radius 3 is 2.85 bits per heavy atom. The van der Waals surface area contributed by atoms with Crippen LogP contribution in [0.3, 0.4) is 0 Å². The molecule has 0 aromatic heterocycles. The van der Waals surface area contributed by atoms with Crippen molar-refractivity contribution in [3.8, 4) is 0 Å². The molecule has 4 heteroatoms. The van der Waals surface area contributed by atoms with Gasteiger partial charge in [0.15, 0.2) is 11.6 Å². The van der Waals surface area contributed by atoms with E-state index in [-0.39, 0.29) is 6.04 Å². The molecule has 0 saturated carbocycles. The lowest BCUT2D eigenvalue weighted by atomic mass is 9.89. The Morgan fingerprint density at radius 2 is 2.10 bits per heavy atom. The third kappa shape index (κ3) is 3.36. The Balaban J connectivity index is 2.32. The quantitative estimate of drug-likeness (QED) is 0.911. The summed E-state index contributed by atoms with van der Waals surface area (Å²) in [6.45, 7) is 4.75. The van der Waals surface area contributed by atoms with E-state index in [4.69, 9.17) is 0 Å². The monoisotopic (exact) mass is 282 g/mol. The van der Waals surface area contributed by atoms with E-state index in [1.54, 1.807) is 12.1 Å². The van der Waals surface area contributed by atoms with Gasteiger partial charge in [-0.25, -0.2) is 8.78 Å². The molecule has 1 aromatic carbocycles. The minimum Gasteiger partial charge on any atom is -0.317 e. The Kier molecular flexibility index (Phi) is 5.49. The van der Waals surface area contributed by atoms with Crippen LogP contribution in [0.4, 0.5) is 8.78 Å². The topological polar surface area (TPSA) is 15.3 Å². The normalized spacial score (nSPS) is 24.6. The van der Waals surface area contributed by atoms with Crippen molar-refractivity contribution in [2.75, 3.05) is 26.7 Å². The predicted molar refractivity (Wildman–Crippen MR) is 77.6 cm³/mol. The van der Waals surface area contributed by atoms with Gasteiger partial charge in [-0.3, -0.25) is 4.90 Å². The Bertz CT molecular complexity index is 436. The molecule has 1 aliphatic rings. The van der Waals surface area contributed by atoms with Gasteiger partial charge in [-0.2, -0.15) is 0 Å². The van der Waals surface area contributed by atoms with Crippen LogP contribution >= 0.6 is 0 Å². The molecule has 1 fully saturated rings. The fourth-order valence-corrected chi connectivity index (χ4v) is 3.21. The van der Waals surface area contributed by atoms with Crippen LogP contribution in [-0.4, -0.2) is 31.6 Å². The maximum atomic E-state index is 14.2. The van der Waals surface area contributed by atoms with E-state index in [2.05, 4.69) is 17.1 Å². The lowest BCUT2D eigenvalue weighted by Crippen LogP contribution is -2.35. The van der Waals surface area contributed by atoms with E-state index in [1.165, 1.54) is 6.07 Å². The lowest BCUT2D eigenvalue weighted by Gasteiger charge is -2.33. The maximum absolute atomic E-state index is 14.2. The van der Waals surface area contributed by atoms with E-state index >= 15 is 0 Å². The number of hydrogen-bond acceptors (Lipinski definition) is 2. The molecular weight excluding hydrogens is 258 g/mol. The zero-order valence-corrected chi connectivity index (χ0v) is 12.3. The average molecular weight is 282 g/mol. The number of hydrogen-bond donors (Lipinski definition) is 1. The van der Waals surface area contributed by atoms with E-state index in [0.29, 0.717) is 11.5 Å². The van der Waals surface area contributed by atoms with E-state index in [1.807, 2.05) is 7.05 Å². The number of rotatable bonds is 4. The molecule has 1 N–H and O–H groups in total. The van der Waals surface area contributed by atoms with Gasteiger partial charge in [0.2, 0.25) is 0 Å². The Hall–Kier alpha value is -1.00. The first-order valence-corrected chi connectivity index (χ1v) is 7.50. The van der Waals surface area contributed by atoms with Gasteiger partial charge in [0.05, 0.1) is 0 Å². The van der Waals surface area contributed by atoms with Crippen LogP contribution in [0.15, 0.2) is 18.2 Å². The minimum atomic E-state index is -0.748. The van der Waals surface area contributed by atoms with Crippen molar-refractivity contribution < 1.29 is 8.78 Å². The first kappa shape index (κ1) is 15.4. The van der Waals surface area contributed by atoms with Crippen LogP contribution in [0, 0.1) is 17.6 Å². The number of nitrogens with one attached hydrogen (secondary N) is 1. The molecule has 0 bridgehead atoms. The summed E-state index contributed by atoms with van der Waals surface area (Å²) in [5.74, 6) is -1.12. The summed E-state index contributed by atoms with van der Waals surface area (Å²) < 4.78 is 27.7. The number of halogens is 2. The smallest absolute Gasteiger partial charge is 0.163 e. The van der Waals surface area contributed by atoms with Crippen molar-refractivity contribution in [1.29, 1.82) is 0 Å². The van der Waals surface area contributed by atoms with Gasteiger partial charge in [-0.05, 0) is 51.5 Å². The second-order valence-corrected chi connectivity index (χ2v) is 5.63. The molecule has 0 amide bonds. The highest BCUT2D eigenvalue weighted by atomic mass is 19.2. The SMILES string of the molecule is CCNCC1CCCCN(C)C1c1cccc(F)c1F. The highest BCUT2D eigenvalue weighted by Crippen LogP contribution is 2.35. The molecule has 0 spiro atoms. The number of nitrogens with zero attached hydrogens (tertiary/aromatic N) is 1. The minimum absolute atomic E-state index is 0.0488. The fourth-order valence-electron chi connectivity index (χ4n) is 3.21. The van der Waals surface area contributed by atoms with Gasteiger partial charge in [-0.1, -0.05) is 25.5 Å². The molecule has 1 heterocycles. The summed E-state index contributed by atoms with van der Waals surface area (Å²) in [5.41, 5.74) is 0.498. The van der Waals surface area contributed by atoms with Gasteiger partial charge in [0.25, 0.3) is 0 Å². The molecule has 1 aromatic rings. The summed E-state index contributed by atoms with van der Waals surface area (Å²) in [7, 11) is 2.01. The molecule has 2 atom stereocenters. The number of benzene rings is 1. The fraction of sp³-hybridized carbons (Fsp3) is 0.625. The summed E-state index contributed by atoms with van der Waals surface area (Å²) >= 11 is 0. The van der Waals surface area contributed by atoms with Crippen LogP contribution in [0.2, 0.25) is 0 Å². The van der Waals surface area contributed by atoms with Crippen molar-refractivity contribution in [2.24, 2.45) is 5.92 Å². The van der Waals surface area contributed by atoms with Crippen molar-refractivity contribution in [1.82, 2.24) is 10.2 Å². The zero-order valence-electron chi connectivity index (χ0n) is 12.3. The molecule has 2 rings (SSSR count). The maximum Gasteiger partial charge on any atom is 0.163 e. The lowest BCUT2D eigenvalue weighted by molar-refractivity contribution is 0.184. The third-order valence-corrected chi connectivity index (χ3v) is 4.21. The van der Waals surface area contributed by atoms with Crippen molar-refractivity contribution >= 4 is 0 Å². The number of likely N-dealkylation sites (tertiary alicyclic amines) is 1. The van der Waals surface area contributed by atoms with E-state index in [9.17, 15) is 8.78 Å². The highest BCUT2D eigenvalue weighted by Gasteiger charge is 2.31. The average Bonchev–Trinajstić information content (AvgIpc) is 2.62. The Morgan fingerprint density at radius 1 is 1.30 bits per heavy atom. The van der Waals surface area contributed by atoms with Crippen LogP contribution < -0.4 is 5.32 Å². The van der Waals surface area contributed by atoms with Crippen LogP contribution in [-0.2, 0) is 0 Å². The van der Waals surface area contributed by atoms with E-state index in [0.717, 1.165) is 38.9 Å². The molecular formula is C16H24F2N2. The molecule has 2 unspecified atom stereocenters. The molecule has 20 heavy (non-hydrogen) atoms. The van der Waals surface area contributed by atoms with E-state index < -0.39 is 11.6 Å². The van der Waals surface area contributed by atoms with Crippen molar-refractivity contribution in [3.05, 3.63) is 35.4 Å². The predicted octanol–water partition coefficient (Wildman–Crippen LogP) is 3.35. The third-order valence-electron chi connectivity index (χ3n) is 4.21. The highest BCUT2D eigenvalue weighted by molar-refractivity contribution is 5.23. The Labute approximate surface area is 120 Å². The summed E-state index contributed by atoms with van der Waals surface area (Å²) in [6.07, 6.45) is 3.32. The molecule has 1 saturated heterocycles. The van der Waals surface area contributed by atoms with Crippen LogP contribution in [0.5, 0.6) is 0 Å². The van der Waals surface area contributed by atoms with Gasteiger partial charge >= 0.3 is 0 Å². The molecule has 1 aliphatic heterocycles. The molecule has 2 nitrogen and oxygen atoms in total. The van der Waals surface area contributed by atoms with Crippen LogP contribution in [0.1, 0.15) is 37.8 Å². The first-order valence-electron chi connectivity index (χ1n) is 7.50. The van der Waals surface area contributed by atoms with Crippen LogP contribution in [0.25, 0.3) is 0 Å². The first-order chi connectivity index (χ1) is 9.65. The summed E-state index contributed by atoms with van der Waals surface area (Å²) in [6, 6.07) is 4.47. The molecule has 0 radical (unpaired) electrons. The molecule has 0 aliphatic carbocycles. The van der Waals surface area contributed by atoms with Gasteiger partial charge in [-0.15, -0.1) is 0 Å². The summed E-state index contributed by atoms with van der Waals surface area (Å²) in [5, 5.41) is 3.36. The zero-order chi connectivity index (χ0) is 14.5. The van der Waals surface area contributed by atoms with Crippen molar-refractivity contribution in [2.45, 2.75) is 32.2 Å². The second kappa shape index (κ2) is 7.14. The second-order valence-electron chi connectivity index (χ2n) is 5.63. The summed E-state index contributed by atoms with van der Waals surface area (Å²) in [4.78, 5) is 2.17.